The Labute approximate surface area is 165 Å². The van der Waals surface area contributed by atoms with E-state index in [-0.39, 0.29) is 6.10 Å². The Morgan fingerprint density at radius 1 is 1.08 bits per heavy atom. The van der Waals surface area contributed by atoms with Gasteiger partial charge >= 0.3 is 0 Å². The molecule has 0 bridgehead atoms. The Hall–Kier alpha value is -0.0231. The first kappa shape index (κ1) is 21.3. The van der Waals surface area contributed by atoms with Gasteiger partial charge in [-0.1, -0.05) is 69.8 Å². The smallest absolute Gasteiger partial charge is 0.192 e. The van der Waals surface area contributed by atoms with Gasteiger partial charge in [-0.15, -0.1) is 0 Å². The highest BCUT2D eigenvalue weighted by Crippen LogP contribution is 2.46. The van der Waals surface area contributed by atoms with Crippen LogP contribution in [0.15, 0.2) is 18.2 Å². The summed E-state index contributed by atoms with van der Waals surface area (Å²) in [7, 11) is -1.72. The summed E-state index contributed by atoms with van der Waals surface area (Å²) >= 11 is 13.1. The van der Waals surface area contributed by atoms with Crippen LogP contribution in [0, 0.1) is 5.41 Å². The van der Waals surface area contributed by atoms with E-state index < -0.39 is 8.32 Å². The van der Waals surface area contributed by atoms with Gasteiger partial charge in [-0.3, -0.25) is 0 Å². The number of hydrogen-bond donors (Lipinski definition) is 0. The van der Waals surface area contributed by atoms with Gasteiger partial charge in [0.15, 0.2) is 8.32 Å². The van der Waals surface area contributed by atoms with Crippen molar-refractivity contribution in [3.63, 3.8) is 0 Å². The molecule has 1 nitrogen and oxygen atoms in total. The van der Waals surface area contributed by atoms with Crippen LogP contribution < -0.4 is 0 Å². The zero-order valence-electron chi connectivity index (χ0n) is 16.3. The van der Waals surface area contributed by atoms with Gasteiger partial charge in [-0.2, -0.15) is 0 Å². The van der Waals surface area contributed by atoms with Crippen molar-refractivity contribution in [1.82, 2.24) is 0 Å². The molecular weight excluding hydrogens is 367 g/mol. The standard InChI is InChI=1S/C21H34Cl2OSi/c1-5-25(6-2,7-3)24-19(13-9-14-21(4)15-10-16-21)20-17(22)11-8-12-18(20)23/h8,11-12,19H,5-7,9-10,13-16H2,1-4H3. The lowest BCUT2D eigenvalue weighted by Gasteiger charge is -2.39. The molecule has 25 heavy (non-hydrogen) atoms. The monoisotopic (exact) mass is 400 g/mol. The average molecular weight is 401 g/mol. The molecule has 1 saturated carbocycles. The molecule has 1 atom stereocenters. The third-order valence-electron chi connectivity index (χ3n) is 6.45. The summed E-state index contributed by atoms with van der Waals surface area (Å²) in [5.41, 5.74) is 1.57. The van der Waals surface area contributed by atoms with Gasteiger partial charge in [0.25, 0.3) is 0 Å². The van der Waals surface area contributed by atoms with Crippen molar-refractivity contribution in [3.8, 4) is 0 Å². The zero-order chi connectivity index (χ0) is 18.5. The first-order valence-corrected chi connectivity index (χ1v) is 13.3. The van der Waals surface area contributed by atoms with Crippen molar-refractivity contribution in [2.24, 2.45) is 5.41 Å². The largest absolute Gasteiger partial charge is 0.410 e. The van der Waals surface area contributed by atoms with E-state index in [0.29, 0.717) is 5.41 Å². The molecule has 0 spiro atoms. The Morgan fingerprint density at radius 3 is 2.08 bits per heavy atom. The Morgan fingerprint density at radius 2 is 1.64 bits per heavy atom. The fourth-order valence-corrected chi connectivity index (χ4v) is 7.61. The van der Waals surface area contributed by atoms with Crippen LogP contribution in [0.25, 0.3) is 0 Å². The topological polar surface area (TPSA) is 9.23 Å². The first-order valence-electron chi connectivity index (χ1n) is 10.0. The number of rotatable bonds is 10. The van der Waals surface area contributed by atoms with Crippen LogP contribution in [0.2, 0.25) is 28.2 Å². The summed E-state index contributed by atoms with van der Waals surface area (Å²) in [6.45, 7) is 9.26. The van der Waals surface area contributed by atoms with Crippen LogP contribution in [0.4, 0.5) is 0 Å². The van der Waals surface area contributed by atoms with Crippen LogP contribution >= 0.6 is 23.2 Å². The molecule has 2 rings (SSSR count). The Balaban J connectivity index is 2.18. The van der Waals surface area contributed by atoms with E-state index in [1.807, 2.05) is 18.2 Å². The van der Waals surface area contributed by atoms with Crippen molar-refractivity contribution in [1.29, 1.82) is 0 Å². The van der Waals surface area contributed by atoms with Gasteiger partial charge in [0, 0.05) is 15.6 Å². The predicted molar refractivity (Wildman–Crippen MR) is 113 cm³/mol. The number of halogens is 2. The van der Waals surface area contributed by atoms with E-state index in [1.165, 1.54) is 32.1 Å². The fraction of sp³-hybridized carbons (Fsp3) is 0.714. The predicted octanol–water partition coefficient (Wildman–Crippen LogP) is 8.42. The van der Waals surface area contributed by atoms with Crippen LogP contribution in [0.3, 0.4) is 0 Å². The maximum absolute atomic E-state index is 6.87. The molecule has 1 aliphatic rings. The van der Waals surface area contributed by atoms with E-state index in [1.54, 1.807) is 0 Å². The number of hydrogen-bond acceptors (Lipinski definition) is 1. The molecule has 4 heteroatoms. The molecule has 0 aliphatic heterocycles. The third kappa shape index (κ3) is 5.25. The molecular formula is C21H34Cl2OSi. The SMILES string of the molecule is CC[Si](CC)(CC)OC(CCCC1(C)CCC1)c1c(Cl)cccc1Cl. The van der Waals surface area contributed by atoms with Crippen LogP contribution in [0.1, 0.15) is 77.9 Å². The quantitative estimate of drug-likeness (QED) is 0.358. The molecule has 0 heterocycles. The normalized spacial score (nSPS) is 18.0. The number of benzene rings is 1. The fourth-order valence-electron chi connectivity index (χ4n) is 4.13. The molecule has 1 aromatic carbocycles. The second kappa shape index (κ2) is 9.26. The summed E-state index contributed by atoms with van der Waals surface area (Å²) < 4.78 is 6.87. The van der Waals surface area contributed by atoms with Gasteiger partial charge in [0.2, 0.25) is 0 Å². The third-order valence-corrected chi connectivity index (χ3v) is 11.8. The molecule has 0 radical (unpaired) electrons. The van der Waals surface area contributed by atoms with Crippen molar-refractivity contribution >= 4 is 31.5 Å². The highest BCUT2D eigenvalue weighted by atomic mass is 35.5. The maximum atomic E-state index is 6.87. The highest BCUT2D eigenvalue weighted by Gasteiger charge is 2.35. The van der Waals surface area contributed by atoms with Crippen molar-refractivity contribution in [3.05, 3.63) is 33.8 Å². The summed E-state index contributed by atoms with van der Waals surface area (Å²) in [4.78, 5) is 0. The van der Waals surface area contributed by atoms with Gasteiger partial charge in [-0.05, 0) is 61.4 Å². The summed E-state index contributed by atoms with van der Waals surface area (Å²) in [5.74, 6) is 0. The van der Waals surface area contributed by atoms with Crippen LogP contribution in [-0.2, 0) is 4.43 Å². The molecule has 142 valence electrons. The molecule has 1 aromatic rings. The second-order valence-electron chi connectivity index (χ2n) is 8.04. The maximum Gasteiger partial charge on any atom is 0.192 e. The van der Waals surface area contributed by atoms with Gasteiger partial charge in [0.05, 0.1) is 6.10 Å². The molecule has 0 N–H and O–H groups in total. The molecule has 0 aromatic heterocycles. The molecule has 0 saturated heterocycles. The zero-order valence-corrected chi connectivity index (χ0v) is 18.8. The minimum absolute atomic E-state index is 0.0383. The van der Waals surface area contributed by atoms with E-state index in [0.717, 1.165) is 40.2 Å². The average Bonchev–Trinajstić information content (AvgIpc) is 2.57. The van der Waals surface area contributed by atoms with Crippen molar-refractivity contribution < 1.29 is 4.43 Å². The molecule has 1 fully saturated rings. The van der Waals surface area contributed by atoms with E-state index in [2.05, 4.69) is 27.7 Å². The second-order valence-corrected chi connectivity index (χ2v) is 13.6. The lowest BCUT2D eigenvalue weighted by molar-refractivity contribution is 0.123. The lowest BCUT2D eigenvalue weighted by Crippen LogP contribution is -2.37. The Kier molecular flexibility index (Phi) is 7.88. The van der Waals surface area contributed by atoms with Gasteiger partial charge in [-0.25, -0.2) is 0 Å². The van der Waals surface area contributed by atoms with Crippen molar-refractivity contribution in [2.75, 3.05) is 0 Å². The Bertz CT molecular complexity index is 524. The first-order chi connectivity index (χ1) is 11.9. The summed E-state index contributed by atoms with van der Waals surface area (Å²) in [6.07, 6.45) is 7.68. The van der Waals surface area contributed by atoms with E-state index in [4.69, 9.17) is 27.6 Å². The minimum atomic E-state index is -1.72. The summed E-state index contributed by atoms with van der Waals surface area (Å²) in [6, 6.07) is 9.26. The van der Waals surface area contributed by atoms with E-state index in [9.17, 15) is 0 Å². The molecule has 1 aliphatic carbocycles. The van der Waals surface area contributed by atoms with Crippen molar-refractivity contribution in [2.45, 2.75) is 90.5 Å². The van der Waals surface area contributed by atoms with Gasteiger partial charge < -0.3 is 4.43 Å². The van der Waals surface area contributed by atoms with Gasteiger partial charge in [0.1, 0.15) is 0 Å². The van der Waals surface area contributed by atoms with E-state index >= 15 is 0 Å². The lowest BCUT2D eigenvalue weighted by atomic mass is 9.67. The minimum Gasteiger partial charge on any atom is -0.410 e. The molecule has 0 amide bonds. The van der Waals surface area contributed by atoms with Crippen LogP contribution in [-0.4, -0.2) is 8.32 Å². The highest BCUT2D eigenvalue weighted by molar-refractivity contribution is 6.73. The van der Waals surface area contributed by atoms with Crippen LogP contribution in [0.5, 0.6) is 0 Å². The summed E-state index contributed by atoms with van der Waals surface area (Å²) in [5, 5.41) is 1.50. The molecule has 1 unspecified atom stereocenters.